The Morgan fingerprint density at radius 3 is 2.70 bits per heavy atom. The van der Waals surface area contributed by atoms with Crippen LogP contribution in [0.2, 0.25) is 0 Å². The number of hydrogen-bond donors (Lipinski definition) is 1. The van der Waals surface area contributed by atoms with E-state index in [4.69, 9.17) is 0 Å². The van der Waals surface area contributed by atoms with Gasteiger partial charge in [0.25, 0.3) is 0 Å². The Hall–Kier alpha value is -2.20. The molecule has 0 fully saturated rings. The normalized spacial score (nSPS) is 12.7. The van der Waals surface area contributed by atoms with Crippen LogP contribution < -0.4 is 5.32 Å². The maximum absolute atomic E-state index is 4.56. The number of para-hydroxylation sites is 1. The Kier molecular flexibility index (Phi) is 3.48. The molecule has 20 heavy (non-hydrogen) atoms. The number of aromatic nitrogens is 3. The van der Waals surface area contributed by atoms with Crippen LogP contribution in [0.15, 0.2) is 48.8 Å². The summed E-state index contributed by atoms with van der Waals surface area (Å²) in [4.78, 5) is 4.56. The number of hydrogen-bond acceptors (Lipinski definition) is 3. The van der Waals surface area contributed by atoms with E-state index in [1.54, 1.807) is 0 Å². The van der Waals surface area contributed by atoms with Crippen molar-refractivity contribution in [3.05, 3.63) is 54.5 Å². The quantitative estimate of drug-likeness (QED) is 0.789. The third kappa shape index (κ3) is 2.18. The van der Waals surface area contributed by atoms with E-state index < -0.39 is 0 Å². The minimum absolute atomic E-state index is 0.304. The average molecular weight is 266 g/mol. The minimum atomic E-state index is 0.304. The Morgan fingerprint density at radius 1 is 1.15 bits per heavy atom. The van der Waals surface area contributed by atoms with Gasteiger partial charge in [-0.15, -0.1) is 0 Å². The fourth-order valence-corrected chi connectivity index (χ4v) is 2.47. The predicted molar refractivity (Wildman–Crippen MR) is 81.0 cm³/mol. The topological polar surface area (TPSA) is 42.7 Å². The first kappa shape index (κ1) is 12.8. The van der Waals surface area contributed by atoms with Gasteiger partial charge in [0.2, 0.25) is 0 Å². The zero-order valence-corrected chi connectivity index (χ0v) is 11.7. The number of nitrogens with one attached hydrogen (secondary N) is 1. The molecule has 0 amide bonds. The molecule has 0 saturated carbocycles. The fourth-order valence-electron chi connectivity index (χ4n) is 2.47. The highest BCUT2D eigenvalue weighted by atomic mass is 15.3. The molecule has 1 unspecified atom stereocenters. The van der Waals surface area contributed by atoms with E-state index >= 15 is 0 Å². The first-order valence-corrected chi connectivity index (χ1v) is 6.90. The summed E-state index contributed by atoms with van der Waals surface area (Å²) in [6.45, 7) is 2.15. The van der Waals surface area contributed by atoms with Crippen molar-refractivity contribution in [2.75, 3.05) is 7.05 Å². The van der Waals surface area contributed by atoms with Gasteiger partial charge < -0.3 is 5.32 Å². The molecule has 3 aromatic rings. The largest absolute Gasteiger partial charge is 0.312 e. The number of pyridine rings is 1. The van der Waals surface area contributed by atoms with Crippen LogP contribution in [-0.4, -0.2) is 21.8 Å². The number of rotatable bonds is 4. The van der Waals surface area contributed by atoms with E-state index in [1.165, 1.54) is 0 Å². The SMILES string of the molecule is CCC(NC)c1ccc(-n2ncc3ccccc32)cn1. The van der Waals surface area contributed by atoms with Crippen LogP contribution in [0.1, 0.15) is 25.1 Å². The molecule has 2 aromatic heterocycles. The lowest BCUT2D eigenvalue weighted by atomic mass is 10.1. The van der Waals surface area contributed by atoms with E-state index in [0.717, 1.165) is 28.7 Å². The molecule has 1 N–H and O–H groups in total. The molecule has 0 radical (unpaired) electrons. The monoisotopic (exact) mass is 266 g/mol. The van der Waals surface area contributed by atoms with Crippen LogP contribution in [0.5, 0.6) is 0 Å². The second-order valence-corrected chi connectivity index (χ2v) is 4.81. The molecule has 0 aliphatic carbocycles. The van der Waals surface area contributed by atoms with Crippen LogP contribution in [0, 0.1) is 0 Å². The van der Waals surface area contributed by atoms with Gasteiger partial charge in [0.05, 0.1) is 29.3 Å². The molecule has 0 aliphatic rings. The standard InChI is InChI=1S/C16H18N4/c1-3-14(17-2)15-9-8-13(11-18-15)20-16-7-5-4-6-12(16)10-19-20/h4-11,14,17H,3H2,1-2H3. The molecule has 3 rings (SSSR count). The molecular weight excluding hydrogens is 248 g/mol. The zero-order valence-electron chi connectivity index (χ0n) is 11.7. The van der Waals surface area contributed by atoms with Gasteiger partial charge in [0.1, 0.15) is 0 Å². The Labute approximate surface area is 118 Å². The maximum Gasteiger partial charge on any atom is 0.0836 e. The third-order valence-electron chi connectivity index (χ3n) is 3.61. The fraction of sp³-hybridized carbons (Fsp3) is 0.250. The lowest BCUT2D eigenvalue weighted by Gasteiger charge is -2.13. The van der Waals surface area contributed by atoms with E-state index in [-0.39, 0.29) is 0 Å². The van der Waals surface area contributed by atoms with E-state index in [2.05, 4.69) is 46.6 Å². The van der Waals surface area contributed by atoms with Gasteiger partial charge in [-0.1, -0.05) is 25.1 Å². The highest BCUT2D eigenvalue weighted by Crippen LogP contribution is 2.19. The molecule has 4 nitrogen and oxygen atoms in total. The van der Waals surface area contributed by atoms with Crippen molar-refractivity contribution in [2.45, 2.75) is 19.4 Å². The summed E-state index contributed by atoms with van der Waals surface area (Å²) in [6.07, 6.45) is 4.79. The summed E-state index contributed by atoms with van der Waals surface area (Å²) < 4.78 is 1.92. The van der Waals surface area contributed by atoms with Gasteiger partial charge in [-0.2, -0.15) is 5.10 Å². The van der Waals surface area contributed by atoms with E-state index in [9.17, 15) is 0 Å². The van der Waals surface area contributed by atoms with Crippen molar-refractivity contribution in [1.82, 2.24) is 20.1 Å². The maximum atomic E-state index is 4.56. The van der Waals surface area contributed by atoms with E-state index in [1.807, 2.05) is 36.3 Å². The lowest BCUT2D eigenvalue weighted by molar-refractivity contribution is 0.561. The van der Waals surface area contributed by atoms with Gasteiger partial charge in [-0.05, 0) is 31.7 Å². The highest BCUT2D eigenvalue weighted by molar-refractivity contribution is 5.79. The first-order valence-electron chi connectivity index (χ1n) is 6.90. The smallest absolute Gasteiger partial charge is 0.0836 e. The van der Waals surface area contributed by atoms with Crippen LogP contribution in [0.4, 0.5) is 0 Å². The van der Waals surface area contributed by atoms with Crippen molar-refractivity contribution in [1.29, 1.82) is 0 Å². The van der Waals surface area contributed by atoms with Gasteiger partial charge in [0, 0.05) is 11.4 Å². The van der Waals surface area contributed by atoms with Crippen LogP contribution in [-0.2, 0) is 0 Å². The molecule has 0 spiro atoms. The summed E-state index contributed by atoms with van der Waals surface area (Å²) in [5, 5.41) is 8.85. The van der Waals surface area contributed by atoms with E-state index in [0.29, 0.717) is 6.04 Å². The second-order valence-electron chi connectivity index (χ2n) is 4.81. The van der Waals surface area contributed by atoms with Gasteiger partial charge in [-0.3, -0.25) is 4.98 Å². The summed E-state index contributed by atoms with van der Waals surface area (Å²) in [6, 6.07) is 12.6. The summed E-state index contributed by atoms with van der Waals surface area (Å²) in [5.74, 6) is 0. The Morgan fingerprint density at radius 2 is 2.00 bits per heavy atom. The van der Waals surface area contributed by atoms with Crippen LogP contribution >= 0.6 is 0 Å². The number of nitrogens with zero attached hydrogens (tertiary/aromatic N) is 3. The van der Waals surface area contributed by atoms with Gasteiger partial charge >= 0.3 is 0 Å². The number of benzene rings is 1. The molecular formula is C16H18N4. The first-order chi connectivity index (χ1) is 9.83. The second kappa shape index (κ2) is 5.43. The summed E-state index contributed by atoms with van der Waals surface area (Å²) >= 11 is 0. The molecule has 102 valence electrons. The van der Waals surface area contributed by atoms with Gasteiger partial charge in [0.15, 0.2) is 0 Å². The molecule has 4 heteroatoms. The number of fused-ring (bicyclic) bond motifs is 1. The average Bonchev–Trinajstić information content (AvgIpc) is 2.93. The van der Waals surface area contributed by atoms with Crippen LogP contribution in [0.3, 0.4) is 0 Å². The molecule has 1 aromatic carbocycles. The molecule has 2 heterocycles. The van der Waals surface area contributed by atoms with Crippen molar-refractivity contribution in [3.63, 3.8) is 0 Å². The molecule has 0 aliphatic heterocycles. The van der Waals surface area contributed by atoms with Crippen molar-refractivity contribution in [3.8, 4) is 5.69 Å². The summed E-state index contributed by atoms with van der Waals surface area (Å²) in [7, 11) is 1.96. The molecule has 0 bridgehead atoms. The van der Waals surface area contributed by atoms with Crippen molar-refractivity contribution in [2.24, 2.45) is 0 Å². The van der Waals surface area contributed by atoms with Crippen molar-refractivity contribution < 1.29 is 0 Å². The zero-order chi connectivity index (χ0) is 13.9. The molecule has 1 atom stereocenters. The van der Waals surface area contributed by atoms with Crippen LogP contribution in [0.25, 0.3) is 16.6 Å². The Balaban J connectivity index is 1.99. The van der Waals surface area contributed by atoms with Crippen molar-refractivity contribution >= 4 is 10.9 Å². The Bertz CT molecular complexity index is 696. The minimum Gasteiger partial charge on any atom is -0.312 e. The third-order valence-corrected chi connectivity index (χ3v) is 3.61. The summed E-state index contributed by atoms with van der Waals surface area (Å²) in [5.41, 5.74) is 3.15. The van der Waals surface area contributed by atoms with Gasteiger partial charge in [-0.25, -0.2) is 4.68 Å². The highest BCUT2D eigenvalue weighted by Gasteiger charge is 2.09. The molecule has 0 saturated heterocycles. The predicted octanol–water partition coefficient (Wildman–Crippen LogP) is 3.09. The lowest BCUT2D eigenvalue weighted by Crippen LogP contribution is -2.16.